The maximum atomic E-state index is 4.98. The van der Waals surface area contributed by atoms with Crippen molar-refractivity contribution in [2.24, 2.45) is 0 Å². The van der Waals surface area contributed by atoms with E-state index in [9.17, 15) is 0 Å². The van der Waals surface area contributed by atoms with Crippen LogP contribution in [0.1, 0.15) is 22.7 Å². The number of nitrogens with one attached hydrogen (secondary N) is 1. The van der Waals surface area contributed by atoms with E-state index in [1.807, 2.05) is 60.7 Å². The fraction of sp³-hybridized carbons (Fsp3) is 0.0200. The lowest BCUT2D eigenvalue weighted by Crippen LogP contribution is -2.16. The molecule has 9 aromatic rings. The van der Waals surface area contributed by atoms with Gasteiger partial charge in [-0.2, -0.15) is 0 Å². The molecule has 0 saturated carbocycles. The Kier molecular flexibility index (Phi) is 7.85. The Morgan fingerprint density at radius 2 is 0.889 bits per heavy atom. The number of benzene rings is 8. The van der Waals surface area contributed by atoms with E-state index in [4.69, 9.17) is 15.0 Å². The van der Waals surface area contributed by atoms with Crippen LogP contribution >= 0.6 is 0 Å². The molecule has 10 rings (SSSR count). The average Bonchev–Trinajstić information content (AvgIpc) is 3.26. The molecule has 254 valence electrons. The van der Waals surface area contributed by atoms with Crippen molar-refractivity contribution in [1.82, 2.24) is 15.0 Å². The monoisotopic (exact) mass is 690 g/mol. The third-order valence-electron chi connectivity index (χ3n) is 10.3. The third kappa shape index (κ3) is 5.71. The fourth-order valence-electron chi connectivity index (χ4n) is 7.71. The lowest BCUT2D eigenvalue weighted by Gasteiger charge is -2.31. The highest BCUT2D eigenvalue weighted by atomic mass is 15.0. The molecule has 1 aliphatic rings. The van der Waals surface area contributed by atoms with E-state index in [0.717, 1.165) is 33.5 Å². The molecule has 0 fully saturated rings. The van der Waals surface area contributed by atoms with E-state index in [1.54, 1.807) is 0 Å². The minimum atomic E-state index is -0.0233. The Morgan fingerprint density at radius 3 is 1.54 bits per heavy atom. The highest BCUT2D eigenvalue weighted by Gasteiger charge is 2.27. The Balaban J connectivity index is 1.15. The number of anilines is 1. The van der Waals surface area contributed by atoms with Crippen LogP contribution in [0.2, 0.25) is 0 Å². The number of hydrogen-bond donors (Lipinski definition) is 1. The lowest BCUT2D eigenvalue weighted by atomic mass is 9.82. The largest absolute Gasteiger partial charge is 0.374 e. The van der Waals surface area contributed by atoms with Crippen molar-refractivity contribution in [2.75, 3.05) is 5.32 Å². The Labute approximate surface area is 314 Å². The van der Waals surface area contributed by atoms with E-state index in [2.05, 4.69) is 139 Å². The molecule has 0 saturated heterocycles. The minimum absolute atomic E-state index is 0.0233. The Hall–Kier alpha value is -7.17. The van der Waals surface area contributed by atoms with Gasteiger partial charge in [0.05, 0.1) is 11.7 Å². The second-order valence-electron chi connectivity index (χ2n) is 13.7. The molecule has 54 heavy (non-hydrogen) atoms. The first-order valence-corrected chi connectivity index (χ1v) is 18.3. The van der Waals surface area contributed by atoms with Crippen LogP contribution in [0, 0.1) is 0 Å². The molecular formula is C50H34N4. The highest BCUT2D eigenvalue weighted by Crippen LogP contribution is 2.48. The number of hydrogen-bond acceptors (Lipinski definition) is 4. The maximum absolute atomic E-state index is 4.98. The summed E-state index contributed by atoms with van der Waals surface area (Å²) in [6, 6.07) is 66.0. The van der Waals surface area contributed by atoms with Crippen LogP contribution in [-0.2, 0) is 0 Å². The molecule has 0 spiro atoms. The SMILES string of the molecule is C1=C(c2cccc3ccccc23)c2c(c(-c3ccc(-c4nc(-c5ccccc5)nc(-c5ccccc5)n4)cc3)cc3ccccc23)NC1c1ccccc1. The molecule has 4 nitrogen and oxygen atoms in total. The average molecular weight is 691 g/mol. The first kappa shape index (κ1) is 31.6. The van der Waals surface area contributed by atoms with Gasteiger partial charge in [0.2, 0.25) is 0 Å². The molecule has 8 aromatic carbocycles. The Bertz CT molecular complexity index is 2770. The first-order chi connectivity index (χ1) is 26.8. The summed E-state index contributed by atoms with van der Waals surface area (Å²) in [6.45, 7) is 0. The van der Waals surface area contributed by atoms with E-state index in [-0.39, 0.29) is 6.04 Å². The van der Waals surface area contributed by atoms with Gasteiger partial charge >= 0.3 is 0 Å². The maximum Gasteiger partial charge on any atom is 0.164 e. The molecule has 4 heteroatoms. The van der Waals surface area contributed by atoms with Gasteiger partial charge in [-0.05, 0) is 56.0 Å². The van der Waals surface area contributed by atoms with Crippen molar-refractivity contribution in [2.45, 2.75) is 6.04 Å². The first-order valence-electron chi connectivity index (χ1n) is 18.3. The summed E-state index contributed by atoms with van der Waals surface area (Å²) in [4.78, 5) is 14.9. The summed E-state index contributed by atoms with van der Waals surface area (Å²) in [5.41, 5.74) is 11.1. The molecule has 1 unspecified atom stereocenters. The van der Waals surface area contributed by atoms with Crippen LogP contribution in [0.3, 0.4) is 0 Å². The van der Waals surface area contributed by atoms with Crippen molar-refractivity contribution in [1.29, 1.82) is 0 Å². The lowest BCUT2D eigenvalue weighted by molar-refractivity contribution is 0.975. The molecule has 0 bridgehead atoms. The molecule has 0 aliphatic carbocycles. The van der Waals surface area contributed by atoms with E-state index >= 15 is 0 Å². The summed E-state index contributed by atoms with van der Waals surface area (Å²) >= 11 is 0. The van der Waals surface area contributed by atoms with Crippen LogP contribution < -0.4 is 5.32 Å². The zero-order chi connectivity index (χ0) is 35.8. The molecule has 2 heterocycles. The standard InChI is InChI=1S/C50H34N4/c1-4-16-35(17-5-1)45-32-44(42-26-14-23-33-15-10-12-24-40(33)42)46-41-25-13-11-22-39(41)31-43(47(46)51-45)34-27-29-38(30-28-34)50-53-48(36-18-6-2-7-19-36)52-49(54-50)37-20-8-3-9-21-37/h1-32,45,51H. The minimum Gasteiger partial charge on any atom is -0.374 e. The molecule has 1 aromatic heterocycles. The van der Waals surface area contributed by atoms with Gasteiger partial charge in [-0.3, -0.25) is 0 Å². The smallest absolute Gasteiger partial charge is 0.164 e. The number of fused-ring (bicyclic) bond motifs is 4. The predicted molar refractivity (Wildman–Crippen MR) is 223 cm³/mol. The number of nitrogens with zero attached hydrogens (tertiary/aromatic N) is 3. The summed E-state index contributed by atoms with van der Waals surface area (Å²) in [6.07, 6.45) is 2.41. The third-order valence-corrected chi connectivity index (χ3v) is 10.3. The van der Waals surface area contributed by atoms with Gasteiger partial charge in [-0.1, -0.05) is 182 Å². The van der Waals surface area contributed by atoms with Gasteiger partial charge in [-0.15, -0.1) is 0 Å². The van der Waals surface area contributed by atoms with Gasteiger partial charge in [0, 0.05) is 27.8 Å². The van der Waals surface area contributed by atoms with Gasteiger partial charge in [0.15, 0.2) is 17.5 Å². The van der Waals surface area contributed by atoms with Gasteiger partial charge in [-0.25, -0.2) is 15.0 Å². The van der Waals surface area contributed by atoms with Crippen LogP contribution in [-0.4, -0.2) is 15.0 Å². The highest BCUT2D eigenvalue weighted by molar-refractivity contribution is 6.12. The molecule has 1 N–H and O–H groups in total. The number of rotatable bonds is 6. The predicted octanol–water partition coefficient (Wildman–Crippen LogP) is 12.4. The van der Waals surface area contributed by atoms with Crippen molar-refractivity contribution >= 4 is 32.8 Å². The van der Waals surface area contributed by atoms with Crippen molar-refractivity contribution in [3.05, 3.63) is 211 Å². The molecule has 1 aliphatic heterocycles. The van der Waals surface area contributed by atoms with Crippen LogP contribution in [0.4, 0.5) is 5.69 Å². The number of aromatic nitrogens is 3. The quantitative estimate of drug-likeness (QED) is 0.189. The molecular weight excluding hydrogens is 657 g/mol. The second-order valence-corrected chi connectivity index (χ2v) is 13.7. The molecule has 0 amide bonds. The van der Waals surface area contributed by atoms with Crippen LogP contribution in [0.25, 0.3) is 72.4 Å². The van der Waals surface area contributed by atoms with Crippen molar-refractivity contribution in [3.63, 3.8) is 0 Å². The zero-order valence-electron chi connectivity index (χ0n) is 29.4. The second kappa shape index (κ2) is 13.4. The van der Waals surface area contributed by atoms with E-state index in [0.29, 0.717) is 17.5 Å². The normalized spacial score (nSPS) is 13.6. The van der Waals surface area contributed by atoms with Gasteiger partial charge in [0.1, 0.15) is 0 Å². The summed E-state index contributed by atoms with van der Waals surface area (Å²) < 4.78 is 0. The van der Waals surface area contributed by atoms with Crippen LogP contribution in [0.15, 0.2) is 194 Å². The molecule has 0 radical (unpaired) electrons. The van der Waals surface area contributed by atoms with Crippen molar-refractivity contribution < 1.29 is 0 Å². The van der Waals surface area contributed by atoms with Crippen LogP contribution in [0.5, 0.6) is 0 Å². The molecule has 1 atom stereocenters. The van der Waals surface area contributed by atoms with Crippen molar-refractivity contribution in [3.8, 4) is 45.3 Å². The summed E-state index contributed by atoms with van der Waals surface area (Å²) in [5, 5.41) is 8.89. The topological polar surface area (TPSA) is 50.7 Å². The van der Waals surface area contributed by atoms with Gasteiger partial charge in [0.25, 0.3) is 0 Å². The summed E-state index contributed by atoms with van der Waals surface area (Å²) in [7, 11) is 0. The summed E-state index contributed by atoms with van der Waals surface area (Å²) in [5.74, 6) is 1.94. The Morgan fingerprint density at radius 1 is 0.389 bits per heavy atom. The fourth-order valence-corrected chi connectivity index (χ4v) is 7.71. The van der Waals surface area contributed by atoms with Gasteiger partial charge < -0.3 is 5.32 Å². The zero-order valence-corrected chi connectivity index (χ0v) is 29.4. The van der Waals surface area contributed by atoms with E-state index < -0.39 is 0 Å². The van der Waals surface area contributed by atoms with E-state index in [1.165, 1.54) is 43.8 Å².